The van der Waals surface area contributed by atoms with E-state index in [2.05, 4.69) is 9.71 Å². The molecule has 1 fully saturated rings. The second kappa shape index (κ2) is 9.20. The number of nitrogens with one attached hydrogen (secondary N) is 1. The van der Waals surface area contributed by atoms with Crippen LogP contribution in [0.15, 0.2) is 63.9 Å². The number of amides is 1. The average Bonchev–Trinajstić information content (AvgIpc) is 3.37. The molecule has 1 amide bonds. The van der Waals surface area contributed by atoms with E-state index in [1.165, 1.54) is 0 Å². The van der Waals surface area contributed by atoms with Gasteiger partial charge >= 0.3 is 0 Å². The van der Waals surface area contributed by atoms with Crippen LogP contribution in [-0.2, 0) is 19.6 Å². The first-order chi connectivity index (χ1) is 15.0. The van der Waals surface area contributed by atoms with Crippen LogP contribution in [0.2, 0.25) is 0 Å². The number of carbonyl (C=O) groups is 1. The van der Waals surface area contributed by atoms with Crippen LogP contribution in [0.4, 0.5) is 0 Å². The molecule has 31 heavy (non-hydrogen) atoms. The van der Waals surface area contributed by atoms with Crippen LogP contribution in [0.5, 0.6) is 0 Å². The number of amidine groups is 1. The first-order valence-corrected chi connectivity index (χ1v) is 12.1. The largest absolute Gasteiger partial charge is 0.374 e. The first kappa shape index (κ1) is 21.5. The molecule has 164 valence electrons. The van der Waals surface area contributed by atoms with Gasteiger partial charge in [0.1, 0.15) is 10.9 Å². The number of fused-ring (bicyclic) bond motifs is 1. The fraction of sp³-hybridized carbons (Fsp3) is 0.391. The maximum absolute atomic E-state index is 12.8. The zero-order valence-corrected chi connectivity index (χ0v) is 18.3. The second-order valence-electron chi connectivity index (χ2n) is 7.81. The molecule has 2 aliphatic rings. The summed E-state index contributed by atoms with van der Waals surface area (Å²) in [6.07, 6.45) is 2.20. The zero-order valence-electron chi connectivity index (χ0n) is 17.5. The van der Waals surface area contributed by atoms with Gasteiger partial charge in [0, 0.05) is 25.3 Å². The van der Waals surface area contributed by atoms with Gasteiger partial charge in [-0.1, -0.05) is 42.5 Å². The van der Waals surface area contributed by atoms with Crippen molar-refractivity contribution in [2.45, 2.75) is 43.2 Å². The minimum absolute atomic E-state index is 0.00428. The average molecular weight is 442 g/mol. The molecular formula is C23H27N3O4S. The van der Waals surface area contributed by atoms with E-state index >= 15 is 0 Å². The van der Waals surface area contributed by atoms with Gasteiger partial charge in [0.05, 0.1) is 6.10 Å². The van der Waals surface area contributed by atoms with Crippen molar-refractivity contribution in [2.24, 2.45) is 4.40 Å². The molecule has 1 unspecified atom stereocenters. The number of hydrogen-bond acceptors (Lipinski definition) is 5. The quantitative estimate of drug-likeness (QED) is 0.668. The number of likely N-dealkylation sites (tertiary alicyclic amines) is 1. The van der Waals surface area contributed by atoms with Gasteiger partial charge in [0.2, 0.25) is 5.91 Å². The number of sulfonamides is 1. The molecule has 1 N–H and O–H groups in total. The number of ether oxygens (including phenoxy) is 1. The third kappa shape index (κ3) is 4.65. The molecule has 0 aromatic heterocycles. The van der Waals surface area contributed by atoms with Crippen molar-refractivity contribution in [3.63, 3.8) is 0 Å². The van der Waals surface area contributed by atoms with Crippen molar-refractivity contribution in [3.8, 4) is 0 Å². The minimum Gasteiger partial charge on any atom is -0.374 e. The normalized spacial score (nSPS) is 20.2. The van der Waals surface area contributed by atoms with Crippen molar-refractivity contribution < 1.29 is 17.9 Å². The van der Waals surface area contributed by atoms with Crippen LogP contribution < -0.4 is 5.32 Å². The Balaban J connectivity index is 1.30. The number of nitrogens with zero attached hydrogens (tertiary/aromatic N) is 2. The van der Waals surface area contributed by atoms with Crippen LogP contribution in [0, 0.1) is 0 Å². The van der Waals surface area contributed by atoms with Gasteiger partial charge in [0.25, 0.3) is 10.0 Å². The van der Waals surface area contributed by atoms with Crippen LogP contribution in [-0.4, -0.2) is 50.8 Å². The monoisotopic (exact) mass is 441 g/mol. The summed E-state index contributed by atoms with van der Waals surface area (Å²) in [5, 5.41) is 2.97. The highest BCUT2D eigenvalue weighted by atomic mass is 32.2. The number of rotatable bonds is 7. The molecule has 0 aliphatic carbocycles. The van der Waals surface area contributed by atoms with E-state index in [0.717, 1.165) is 12.0 Å². The van der Waals surface area contributed by atoms with Crippen molar-refractivity contribution in [3.05, 3.63) is 65.7 Å². The molecule has 2 aromatic rings. The van der Waals surface area contributed by atoms with Crippen molar-refractivity contribution in [1.82, 2.24) is 10.2 Å². The highest BCUT2D eigenvalue weighted by molar-refractivity contribution is 7.90. The molecule has 1 saturated heterocycles. The highest BCUT2D eigenvalue weighted by Crippen LogP contribution is 2.31. The molecule has 2 aliphatic heterocycles. The standard InChI is InChI=1S/C23H27N3O4S/c1-17(18-9-3-2-4-10-18)30-16-8-14-24-23(27)20-12-7-15-26(20)22-19-11-5-6-13-21(19)31(28,29)25-22/h2-6,9-11,13,17,20H,7-8,12,14-16H2,1H3,(H,24,27)/t17?,20-/m0/s1. The van der Waals surface area contributed by atoms with Gasteiger partial charge in [0.15, 0.2) is 5.84 Å². The van der Waals surface area contributed by atoms with Crippen molar-refractivity contribution in [2.75, 3.05) is 19.7 Å². The summed E-state index contributed by atoms with van der Waals surface area (Å²) in [4.78, 5) is 14.8. The lowest BCUT2D eigenvalue weighted by Crippen LogP contribution is -2.46. The Kier molecular flexibility index (Phi) is 6.38. The van der Waals surface area contributed by atoms with E-state index < -0.39 is 16.1 Å². The summed E-state index contributed by atoms with van der Waals surface area (Å²) >= 11 is 0. The van der Waals surface area contributed by atoms with Gasteiger partial charge in [-0.3, -0.25) is 4.79 Å². The Labute approximate surface area is 183 Å². The SMILES string of the molecule is CC(OCCCNC(=O)[C@@H]1CCCN1C1=NS(=O)(=O)c2ccccc21)c1ccccc1. The lowest BCUT2D eigenvalue weighted by molar-refractivity contribution is -0.124. The first-order valence-electron chi connectivity index (χ1n) is 10.6. The maximum Gasteiger partial charge on any atom is 0.285 e. The van der Waals surface area contributed by atoms with Gasteiger partial charge in [-0.25, -0.2) is 0 Å². The van der Waals surface area contributed by atoms with Crippen LogP contribution in [0.25, 0.3) is 0 Å². The number of benzene rings is 2. The van der Waals surface area contributed by atoms with E-state index in [1.54, 1.807) is 24.3 Å². The summed E-state index contributed by atoms with van der Waals surface area (Å²) in [5.41, 5.74) is 1.70. The summed E-state index contributed by atoms with van der Waals surface area (Å²) in [5.74, 6) is 0.284. The summed E-state index contributed by atoms with van der Waals surface area (Å²) < 4.78 is 34.6. The minimum atomic E-state index is -3.70. The number of carbonyl (C=O) groups excluding carboxylic acids is 1. The van der Waals surface area contributed by atoms with Gasteiger partial charge < -0.3 is 15.0 Å². The zero-order chi connectivity index (χ0) is 21.8. The Morgan fingerprint density at radius 1 is 1.19 bits per heavy atom. The molecule has 2 heterocycles. The van der Waals surface area contributed by atoms with Crippen molar-refractivity contribution >= 4 is 21.8 Å². The Morgan fingerprint density at radius 3 is 2.74 bits per heavy atom. The lowest BCUT2D eigenvalue weighted by atomic mass is 10.1. The Morgan fingerprint density at radius 2 is 1.94 bits per heavy atom. The topological polar surface area (TPSA) is 88.1 Å². The lowest BCUT2D eigenvalue weighted by Gasteiger charge is -2.25. The summed E-state index contributed by atoms with van der Waals surface area (Å²) in [6, 6.07) is 16.4. The molecule has 4 rings (SSSR count). The fourth-order valence-electron chi connectivity index (χ4n) is 4.07. The molecule has 0 spiro atoms. The Hall–Kier alpha value is -2.71. The molecule has 8 heteroatoms. The highest BCUT2D eigenvalue weighted by Gasteiger charge is 2.39. The third-order valence-electron chi connectivity index (χ3n) is 5.70. The van der Waals surface area contributed by atoms with Gasteiger partial charge in [-0.15, -0.1) is 4.40 Å². The molecule has 0 radical (unpaired) electrons. The summed E-state index contributed by atoms with van der Waals surface area (Å²) in [7, 11) is -3.70. The van der Waals surface area contributed by atoms with Crippen LogP contribution >= 0.6 is 0 Å². The predicted octanol–water partition coefficient (Wildman–Crippen LogP) is 2.88. The maximum atomic E-state index is 12.8. The van der Waals surface area contributed by atoms with Gasteiger partial charge in [-0.2, -0.15) is 8.42 Å². The molecule has 0 bridgehead atoms. The summed E-state index contributed by atoms with van der Waals surface area (Å²) in [6.45, 7) is 3.67. The van der Waals surface area contributed by atoms with Crippen LogP contribution in [0.3, 0.4) is 0 Å². The molecule has 7 nitrogen and oxygen atoms in total. The Bertz CT molecular complexity index is 1070. The molecule has 2 aromatic carbocycles. The fourth-order valence-corrected chi connectivity index (χ4v) is 5.29. The smallest absolute Gasteiger partial charge is 0.285 e. The van der Waals surface area contributed by atoms with E-state index in [0.29, 0.717) is 43.9 Å². The van der Waals surface area contributed by atoms with Crippen molar-refractivity contribution in [1.29, 1.82) is 0 Å². The van der Waals surface area contributed by atoms with E-state index in [9.17, 15) is 13.2 Å². The van der Waals surface area contributed by atoms with E-state index in [1.807, 2.05) is 42.2 Å². The second-order valence-corrected chi connectivity index (χ2v) is 9.38. The molecule has 0 saturated carbocycles. The van der Waals surface area contributed by atoms with E-state index in [-0.39, 0.29) is 16.9 Å². The third-order valence-corrected chi connectivity index (χ3v) is 7.02. The number of hydrogen-bond donors (Lipinski definition) is 1. The van der Waals surface area contributed by atoms with E-state index in [4.69, 9.17) is 4.74 Å². The van der Waals surface area contributed by atoms with Gasteiger partial charge in [-0.05, 0) is 43.9 Å². The predicted molar refractivity (Wildman–Crippen MR) is 118 cm³/mol. The molecular weight excluding hydrogens is 414 g/mol. The van der Waals surface area contributed by atoms with Crippen LogP contribution in [0.1, 0.15) is 43.4 Å². The molecule has 2 atom stereocenters.